The summed E-state index contributed by atoms with van der Waals surface area (Å²) in [5, 5.41) is 7.46. The number of halogens is 1. The number of benzene rings is 1. The second-order valence-electron chi connectivity index (χ2n) is 3.99. The van der Waals surface area contributed by atoms with E-state index in [-0.39, 0.29) is 12.1 Å². The third-order valence-electron chi connectivity index (χ3n) is 2.23. The van der Waals surface area contributed by atoms with Crippen molar-refractivity contribution in [2.45, 2.75) is 20.0 Å². The molecular weight excluding hydrogens is 298 g/mol. The van der Waals surface area contributed by atoms with Gasteiger partial charge in [0.05, 0.1) is 11.7 Å². The van der Waals surface area contributed by atoms with Gasteiger partial charge >= 0.3 is 5.97 Å². The van der Waals surface area contributed by atoms with E-state index in [0.29, 0.717) is 10.0 Å². The molecule has 0 N–H and O–H groups in total. The zero-order valence-corrected chi connectivity index (χ0v) is 11.6. The molecule has 0 bridgehead atoms. The Labute approximate surface area is 113 Å². The van der Waals surface area contributed by atoms with E-state index in [2.05, 4.69) is 26.1 Å². The highest BCUT2D eigenvalue weighted by molar-refractivity contribution is 9.10. The zero-order chi connectivity index (χ0) is 13.1. The molecule has 0 atom stereocenters. The van der Waals surface area contributed by atoms with Crippen molar-refractivity contribution in [2.24, 2.45) is 0 Å². The summed E-state index contributed by atoms with van der Waals surface area (Å²) in [7, 11) is 0. The van der Waals surface area contributed by atoms with Gasteiger partial charge < -0.3 is 4.74 Å². The van der Waals surface area contributed by atoms with Crippen LogP contribution in [0, 0.1) is 0 Å². The van der Waals surface area contributed by atoms with E-state index in [1.54, 1.807) is 29.4 Å². The van der Waals surface area contributed by atoms with Gasteiger partial charge in [-0.05, 0) is 48.0 Å². The molecule has 18 heavy (non-hydrogen) atoms. The molecule has 1 heterocycles. The molecule has 0 aliphatic rings. The number of ether oxygens (including phenoxy) is 1. The Bertz CT molecular complexity index is 552. The van der Waals surface area contributed by atoms with Gasteiger partial charge in [-0.3, -0.25) is 4.57 Å². The van der Waals surface area contributed by atoms with Crippen molar-refractivity contribution in [3.05, 3.63) is 40.9 Å². The average Bonchev–Trinajstić information content (AvgIpc) is 2.82. The summed E-state index contributed by atoms with van der Waals surface area (Å²) in [6.07, 6.45) is 2.99. The lowest BCUT2D eigenvalue weighted by atomic mass is 10.2. The molecule has 0 unspecified atom stereocenters. The zero-order valence-electron chi connectivity index (χ0n) is 10.0. The lowest BCUT2D eigenvalue weighted by molar-refractivity contribution is 0.0377. The highest BCUT2D eigenvalue weighted by Gasteiger charge is 2.14. The summed E-state index contributed by atoms with van der Waals surface area (Å²) in [4.78, 5) is 11.9. The van der Waals surface area contributed by atoms with Crippen LogP contribution >= 0.6 is 15.9 Å². The summed E-state index contributed by atoms with van der Waals surface area (Å²) in [5.74, 6) is -0.355. The SMILES string of the molecule is CC(C)OC(=O)c1cc(-n2cnnc2)ccc1Br. The highest BCUT2D eigenvalue weighted by Crippen LogP contribution is 2.21. The summed E-state index contributed by atoms with van der Waals surface area (Å²) < 4.78 is 7.60. The van der Waals surface area contributed by atoms with Crippen LogP contribution in [0.1, 0.15) is 24.2 Å². The van der Waals surface area contributed by atoms with Crippen LogP contribution in [0.5, 0.6) is 0 Å². The number of carbonyl (C=O) groups is 1. The number of esters is 1. The number of hydrogen-bond acceptors (Lipinski definition) is 4. The molecule has 0 spiro atoms. The second-order valence-corrected chi connectivity index (χ2v) is 4.84. The molecule has 2 aromatic rings. The van der Waals surface area contributed by atoms with Crippen molar-refractivity contribution < 1.29 is 9.53 Å². The molecule has 1 aromatic carbocycles. The second kappa shape index (κ2) is 5.30. The lowest BCUT2D eigenvalue weighted by Crippen LogP contribution is -2.12. The van der Waals surface area contributed by atoms with E-state index in [4.69, 9.17) is 4.74 Å². The van der Waals surface area contributed by atoms with Crippen molar-refractivity contribution in [1.82, 2.24) is 14.8 Å². The van der Waals surface area contributed by atoms with E-state index >= 15 is 0 Å². The number of hydrogen-bond donors (Lipinski definition) is 0. The number of rotatable bonds is 3. The van der Waals surface area contributed by atoms with Crippen molar-refractivity contribution >= 4 is 21.9 Å². The largest absolute Gasteiger partial charge is 0.459 e. The first-order chi connectivity index (χ1) is 8.58. The van der Waals surface area contributed by atoms with Crippen LogP contribution in [0.3, 0.4) is 0 Å². The number of carbonyl (C=O) groups excluding carboxylic acids is 1. The van der Waals surface area contributed by atoms with E-state index < -0.39 is 0 Å². The standard InChI is InChI=1S/C12H12BrN3O2/c1-8(2)18-12(17)10-5-9(3-4-11(10)13)16-6-14-15-7-16/h3-8H,1-2H3. The summed E-state index contributed by atoms with van der Waals surface area (Å²) in [6, 6.07) is 5.39. The Morgan fingerprint density at radius 2 is 2.00 bits per heavy atom. The van der Waals surface area contributed by atoms with Gasteiger partial charge in [0.2, 0.25) is 0 Å². The van der Waals surface area contributed by atoms with Crippen molar-refractivity contribution in [3.63, 3.8) is 0 Å². The molecule has 0 aliphatic heterocycles. The van der Waals surface area contributed by atoms with E-state index in [1.165, 1.54) is 0 Å². The van der Waals surface area contributed by atoms with Crippen molar-refractivity contribution in [2.75, 3.05) is 0 Å². The van der Waals surface area contributed by atoms with E-state index in [1.807, 2.05) is 19.9 Å². The van der Waals surface area contributed by atoms with Gasteiger partial charge in [0, 0.05) is 10.2 Å². The maximum Gasteiger partial charge on any atom is 0.339 e. The Balaban J connectivity index is 2.36. The topological polar surface area (TPSA) is 57.0 Å². The summed E-state index contributed by atoms with van der Waals surface area (Å²) in [5.41, 5.74) is 1.29. The molecule has 0 saturated heterocycles. The first-order valence-corrected chi connectivity index (χ1v) is 6.23. The predicted molar refractivity (Wildman–Crippen MR) is 69.6 cm³/mol. The Morgan fingerprint density at radius 3 is 2.61 bits per heavy atom. The van der Waals surface area contributed by atoms with Gasteiger partial charge in [0.1, 0.15) is 12.7 Å². The van der Waals surface area contributed by atoms with Gasteiger partial charge in [-0.1, -0.05) is 0 Å². The van der Waals surface area contributed by atoms with Crippen molar-refractivity contribution in [3.8, 4) is 5.69 Å². The maximum atomic E-state index is 11.9. The fraction of sp³-hybridized carbons (Fsp3) is 0.250. The molecule has 0 aliphatic carbocycles. The minimum atomic E-state index is -0.355. The normalized spacial score (nSPS) is 10.7. The van der Waals surface area contributed by atoms with Crippen LogP contribution in [-0.4, -0.2) is 26.8 Å². The fourth-order valence-electron chi connectivity index (χ4n) is 1.44. The monoisotopic (exact) mass is 309 g/mol. The third kappa shape index (κ3) is 2.76. The van der Waals surface area contributed by atoms with Crippen LogP contribution < -0.4 is 0 Å². The van der Waals surface area contributed by atoms with Crippen LogP contribution in [0.25, 0.3) is 5.69 Å². The number of nitrogens with zero attached hydrogens (tertiary/aromatic N) is 3. The van der Waals surface area contributed by atoms with Crippen molar-refractivity contribution in [1.29, 1.82) is 0 Å². The maximum absolute atomic E-state index is 11.9. The van der Waals surface area contributed by atoms with E-state index in [9.17, 15) is 4.79 Å². The number of aromatic nitrogens is 3. The molecule has 2 rings (SSSR count). The first kappa shape index (κ1) is 12.8. The van der Waals surface area contributed by atoms with Gasteiger partial charge in [-0.25, -0.2) is 4.79 Å². The molecule has 1 aromatic heterocycles. The summed E-state index contributed by atoms with van der Waals surface area (Å²) in [6.45, 7) is 3.63. The third-order valence-corrected chi connectivity index (χ3v) is 2.92. The van der Waals surface area contributed by atoms with Gasteiger partial charge in [-0.2, -0.15) is 0 Å². The minimum absolute atomic E-state index is 0.150. The van der Waals surface area contributed by atoms with Crippen LogP contribution in [0.4, 0.5) is 0 Å². The summed E-state index contributed by atoms with van der Waals surface area (Å²) >= 11 is 3.34. The molecular formula is C12H12BrN3O2. The highest BCUT2D eigenvalue weighted by atomic mass is 79.9. The van der Waals surface area contributed by atoms with Crippen LogP contribution in [0.2, 0.25) is 0 Å². The predicted octanol–water partition coefficient (Wildman–Crippen LogP) is 2.60. The smallest absolute Gasteiger partial charge is 0.339 e. The average molecular weight is 310 g/mol. The quantitative estimate of drug-likeness (QED) is 0.818. The molecule has 94 valence electrons. The fourth-order valence-corrected chi connectivity index (χ4v) is 1.85. The van der Waals surface area contributed by atoms with Gasteiger partial charge in [0.15, 0.2) is 0 Å². The Morgan fingerprint density at radius 1 is 1.33 bits per heavy atom. The van der Waals surface area contributed by atoms with Gasteiger partial charge in [-0.15, -0.1) is 10.2 Å². The molecule has 6 heteroatoms. The molecule has 0 fully saturated rings. The molecule has 0 saturated carbocycles. The van der Waals surface area contributed by atoms with Gasteiger partial charge in [0.25, 0.3) is 0 Å². The molecule has 5 nitrogen and oxygen atoms in total. The van der Waals surface area contributed by atoms with Crippen LogP contribution in [0.15, 0.2) is 35.3 Å². The lowest BCUT2D eigenvalue weighted by Gasteiger charge is -2.10. The van der Waals surface area contributed by atoms with Crippen LogP contribution in [-0.2, 0) is 4.74 Å². The first-order valence-electron chi connectivity index (χ1n) is 5.43. The Hall–Kier alpha value is -1.69. The van der Waals surface area contributed by atoms with E-state index in [0.717, 1.165) is 5.69 Å². The molecule has 0 amide bonds. The minimum Gasteiger partial charge on any atom is -0.459 e. The molecule has 0 radical (unpaired) electrons. The Kier molecular flexibility index (Phi) is 3.76.